The van der Waals surface area contributed by atoms with Gasteiger partial charge in [-0.15, -0.1) is 0 Å². The molecule has 0 aliphatic heterocycles. The van der Waals surface area contributed by atoms with Crippen LogP contribution in [0.3, 0.4) is 0 Å². The van der Waals surface area contributed by atoms with Gasteiger partial charge in [-0.25, -0.2) is 0 Å². The molecule has 0 bridgehead atoms. The molecule has 0 atom stereocenters. The first-order valence-corrected chi connectivity index (χ1v) is 11.5. The Balaban J connectivity index is -0.0000000198. The van der Waals surface area contributed by atoms with Crippen LogP contribution in [0.1, 0.15) is 132 Å². The summed E-state index contributed by atoms with van der Waals surface area (Å²) in [6.45, 7) is 42.7. The molecule has 0 unspecified atom stereocenters. The fraction of sp³-hybridized carbons (Fsp3) is 0.645. The summed E-state index contributed by atoms with van der Waals surface area (Å²) in [5.41, 5.74) is 0. The molecular weight excluding hydrogens is 634 g/mol. The van der Waals surface area contributed by atoms with Gasteiger partial charge in [-0.05, 0) is 19.3 Å². The zero-order valence-electron chi connectivity index (χ0n) is 23.7. The van der Waals surface area contributed by atoms with Crippen LogP contribution in [0.25, 0.3) is 0 Å². The van der Waals surface area contributed by atoms with E-state index < -0.39 is 0 Å². The summed E-state index contributed by atoms with van der Waals surface area (Å²) in [6.07, 6.45) is 24.8. The van der Waals surface area contributed by atoms with Crippen molar-refractivity contribution in [2.24, 2.45) is 0 Å². The number of hydrogen-bond acceptors (Lipinski definition) is 1. The summed E-state index contributed by atoms with van der Waals surface area (Å²) in [7, 11) is 0. The Labute approximate surface area is 278 Å². The van der Waals surface area contributed by atoms with Crippen LogP contribution in [0.15, 0.2) is 12.2 Å². The number of carbonyl (C=O) groups excluding carboxylic acids is 1. The van der Waals surface area contributed by atoms with Crippen molar-refractivity contribution < 1.29 is 75.6 Å². The van der Waals surface area contributed by atoms with Gasteiger partial charge in [0.15, 0.2) is 0 Å². The molecule has 0 aromatic carbocycles. The minimum atomic E-state index is 0. The normalized spacial score (nSPS) is 5.88. The predicted molar refractivity (Wildman–Crippen MR) is 146 cm³/mol. The van der Waals surface area contributed by atoms with Crippen LogP contribution in [0, 0.1) is 53.2 Å². The largest absolute Gasteiger partial charge is 0 e. The molecule has 0 amide bonds. The molecule has 0 aliphatic carbocycles. The van der Waals surface area contributed by atoms with Gasteiger partial charge in [-0.3, -0.25) is 0 Å². The average molecular weight is 685 g/mol. The van der Waals surface area contributed by atoms with Crippen molar-refractivity contribution in [2.45, 2.75) is 132 Å². The van der Waals surface area contributed by atoms with Gasteiger partial charge < -0.3 is 4.79 Å². The van der Waals surface area contributed by atoms with Gasteiger partial charge in [0.05, 0.1) is 0 Å². The van der Waals surface area contributed by atoms with Gasteiger partial charge in [-0.2, -0.15) is 0 Å². The molecule has 0 spiro atoms. The van der Waals surface area contributed by atoms with Crippen LogP contribution in [-0.2, 0) is 75.6 Å². The van der Waals surface area contributed by atoms with Gasteiger partial charge in [-0.1, -0.05) is 118 Å². The first kappa shape index (κ1) is 90.0. The molecule has 0 aromatic rings. The fourth-order valence-corrected chi connectivity index (χ4v) is 2.24. The Morgan fingerprint density at radius 1 is 0.381 bits per heavy atom. The number of allylic oxidation sites excluding steroid dienone is 2. The van der Waals surface area contributed by atoms with E-state index in [-0.39, 0.29) is 48.4 Å². The standard InChI is InChI=1S/C11H22O.C10H20.8CO.2CH4.2Co/c1-2-3-4-5-6-7-8-9-10-11-12;1-3-5-7-9-10-8-6-4-2;8*1-2;;;;/h11H,2-10H2,1H3;9-10H,3-8H2,1-2H3;;;;;;;;;2*1H4;;/b;10-9+;;;;;;;;;;;;. The number of hydrogen-bond donors (Lipinski definition) is 0. The van der Waals surface area contributed by atoms with E-state index in [0.29, 0.717) is 0 Å². The smallest absolute Gasteiger partial charge is 0 e. The van der Waals surface area contributed by atoms with Crippen LogP contribution in [0.2, 0.25) is 0 Å². The second-order valence-electron chi connectivity index (χ2n) is 6.19. The molecule has 246 valence electrons. The van der Waals surface area contributed by atoms with Crippen molar-refractivity contribution in [1.29, 1.82) is 0 Å². The number of unbranched alkanes of at least 4 members (excludes halogenated alkanes) is 12. The molecule has 0 rings (SSSR count). The van der Waals surface area contributed by atoms with Crippen molar-refractivity contribution >= 4 is 6.29 Å². The fourth-order valence-electron chi connectivity index (χ4n) is 2.24. The van der Waals surface area contributed by atoms with E-state index in [1.165, 1.54) is 83.5 Å². The summed E-state index contributed by atoms with van der Waals surface area (Å²) in [5.74, 6) is 0. The third-order valence-electron chi connectivity index (χ3n) is 3.79. The molecule has 0 saturated heterocycles. The van der Waals surface area contributed by atoms with E-state index in [9.17, 15) is 4.79 Å². The van der Waals surface area contributed by atoms with E-state index in [0.717, 1.165) is 19.1 Å². The molecule has 0 heterocycles. The SMILES string of the molecule is C.C.CCCC/C=C/CCCC.CCCCCCCCCCC=O.[C-]#[O+].[C-]#[O+].[C-]#[O+].[C-]#[O+].[C-]#[O+].[C-]#[O+].[C-]#[O+].[C-]#[O+].[Co].[Co]. The zero-order chi connectivity index (χ0) is 32.7. The number of carbonyl (C=O) groups is 1. The Kier molecular flexibility index (Phi) is 464. The molecule has 11 heteroatoms. The first-order valence-electron chi connectivity index (χ1n) is 11.5. The molecule has 2 radical (unpaired) electrons. The molecule has 0 saturated carbocycles. The third kappa shape index (κ3) is 260. The molecule has 0 aromatic heterocycles. The maximum Gasteiger partial charge on any atom is 0 e. The van der Waals surface area contributed by atoms with E-state index in [1.807, 2.05) is 0 Å². The molecular formula is C31H50Co2O9. The van der Waals surface area contributed by atoms with E-state index in [4.69, 9.17) is 37.2 Å². The molecule has 0 N–H and O–H groups in total. The molecule has 0 aliphatic rings. The topological polar surface area (TPSA) is 176 Å². The summed E-state index contributed by atoms with van der Waals surface area (Å²) >= 11 is 0. The summed E-state index contributed by atoms with van der Waals surface area (Å²) in [5, 5.41) is 0. The van der Waals surface area contributed by atoms with Crippen LogP contribution in [-0.4, -0.2) is 6.29 Å². The van der Waals surface area contributed by atoms with Crippen molar-refractivity contribution in [2.75, 3.05) is 0 Å². The zero-order valence-corrected chi connectivity index (χ0v) is 25.8. The quantitative estimate of drug-likeness (QED) is 0.0542. The Morgan fingerprint density at radius 3 is 0.810 bits per heavy atom. The van der Waals surface area contributed by atoms with E-state index in [1.54, 1.807) is 0 Å². The summed E-state index contributed by atoms with van der Waals surface area (Å²) < 4.78 is 60.0. The van der Waals surface area contributed by atoms with Gasteiger partial charge in [0.2, 0.25) is 0 Å². The Bertz CT molecular complexity index is 438. The van der Waals surface area contributed by atoms with Crippen LogP contribution >= 0.6 is 0 Å². The molecule has 42 heavy (non-hydrogen) atoms. The Morgan fingerprint density at radius 2 is 0.595 bits per heavy atom. The van der Waals surface area contributed by atoms with Crippen molar-refractivity contribution in [1.82, 2.24) is 0 Å². The maximum absolute atomic E-state index is 9.98. The minimum absolute atomic E-state index is 0. The monoisotopic (exact) mass is 684 g/mol. The van der Waals surface area contributed by atoms with E-state index in [2.05, 4.69) is 86.1 Å². The summed E-state index contributed by atoms with van der Waals surface area (Å²) in [4.78, 5) is 9.98. The van der Waals surface area contributed by atoms with Crippen molar-refractivity contribution in [3.05, 3.63) is 65.4 Å². The predicted octanol–water partition coefficient (Wildman–Crippen LogP) is 8.61. The average Bonchev–Trinajstić information content (AvgIpc) is 3.04. The molecule has 0 fully saturated rings. The van der Waals surface area contributed by atoms with Crippen LogP contribution in [0.4, 0.5) is 0 Å². The van der Waals surface area contributed by atoms with Crippen molar-refractivity contribution in [3.63, 3.8) is 0 Å². The maximum atomic E-state index is 9.98. The van der Waals surface area contributed by atoms with Gasteiger partial charge >= 0.3 is 90.4 Å². The number of rotatable bonds is 15. The molecule has 9 nitrogen and oxygen atoms in total. The van der Waals surface area contributed by atoms with Crippen LogP contribution < -0.4 is 0 Å². The second kappa shape index (κ2) is 217. The third-order valence-corrected chi connectivity index (χ3v) is 3.79. The van der Waals surface area contributed by atoms with Gasteiger partial charge in [0, 0.05) is 40.0 Å². The number of aldehydes is 1. The minimum Gasteiger partial charge on any atom is 0 e. The van der Waals surface area contributed by atoms with Gasteiger partial charge in [0.25, 0.3) is 0 Å². The Hall–Kier alpha value is -1.66. The van der Waals surface area contributed by atoms with Gasteiger partial charge in [0.1, 0.15) is 6.29 Å². The van der Waals surface area contributed by atoms with Crippen LogP contribution in [0.5, 0.6) is 0 Å². The second-order valence-corrected chi connectivity index (χ2v) is 6.19. The first-order chi connectivity index (χ1) is 18.8. The van der Waals surface area contributed by atoms with E-state index >= 15 is 0 Å². The summed E-state index contributed by atoms with van der Waals surface area (Å²) in [6, 6.07) is 0. The van der Waals surface area contributed by atoms with Crippen molar-refractivity contribution in [3.8, 4) is 0 Å².